The minimum Gasteiger partial charge on any atom is -0.487 e. The Morgan fingerprint density at radius 2 is 2.23 bits per heavy atom. The molecule has 3 nitrogen and oxygen atoms in total. The molecule has 0 unspecified atom stereocenters. The maximum absolute atomic E-state index is 5.48. The van der Waals surface area contributed by atoms with Crippen LogP contribution in [0, 0.1) is 0 Å². The van der Waals surface area contributed by atoms with E-state index in [9.17, 15) is 0 Å². The molecule has 0 radical (unpaired) electrons. The minimum absolute atomic E-state index is 0.533. The average molecular weight is 177 g/mol. The quantitative estimate of drug-likeness (QED) is 0.610. The molecule has 3 heteroatoms. The van der Waals surface area contributed by atoms with Crippen LogP contribution >= 0.6 is 0 Å². The Morgan fingerprint density at radius 1 is 1.38 bits per heavy atom. The summed E-state index contributed by atoms with van der Waals surface area (Å²) in [6, 6.07) is 7.98. The Labute approximate surface area is 77.0 Å². The summed E-state index contributed by atoms with van der Waals surface area (Å²) in [4.78, 5) is 4.70. The highest BCUT2D eigenvalue weighted by Crippen LogP contribution is 2.22. The number of hydrogen-bond acceptors (Lipinski definition) is 3. The molecule has 0 amide bonds. The van der Waals surface area contributed by atoms with Crippen molar-refractivity contribution in [2.75, 3.05) is 13.7 Å². The number of hydrogen-bond donors (Lipinski definition) is 0. The number of nitrogens with zero attached hydrogens (tertiary/aromatic N) is 1. The van der Waals surface area contributed by atoms with E-state index in [1.807, 2.05) is 24.3 Å². The van der Waals surface area contributed by atoms with Crippen LogP contribution in [-0.4, -0.2) is 19.4 Å². The van der Waals surface area contributed by atoms with Crippen LogP contribution in [0.5, 0.6) is 5.75 Å². The molecule has 1 aromatic rings. The van der Waals surface area contributed by atoms with Crippen LogP contribution in [0.3, 0.4) is 0 Å². The van der Waals surface area contributed by atoms with Gasteiger partial charge in [-0.2, -0.15) is 0 Å². The first-order valence-corrected chi connectivity index (χ1v) is 4.20. The van der Waals surface area contributed by atoms with Gasteiger partial charge in [0.05, 0.1) is 5.71 Å². The number of benzene rings is 1. The van der Waals surface area contributed by atoms with E-state index in [2.05, 4.69) is 5.16 Å². The van der Waals surface area contributed by atoms with Gasteiger partial charge in [0.1, 0.15) is 19.5 Å². The van der Waals surface area contributed by atoms with E-state index in [0.717, 1.165) is 17.9 Å². The first-order chi connectivity index (χ1) is 6.40. The van der Waals surface area contributed by atoms with E-state index in [1.54, 1.807) is 7.11 Å². The van der Waals surface area contributed by atoms with Gasteiger partial charge in [0, 0.05) is 12.0 Å². The van der Waals surface area contributed by atoms with Gasteiger partial charge in [-0.3, -0.25) is 0 Å². The number of rotatable bonds is 1. The summed E-state index contributed by atoms with van der Waals surface area (Å²) in [6.07, 6.45) is 0.823. The van der Waals surface area contributed by atoms with E-state index in [0.29, 0.717) is 6.61 Å². The second-order valence-electron chi connectivity index (χ2n) is 2.91. The lowest BCUT2D eigenvalue weighted by Gasteiger charge is -2.17. The highest BCUT2D eigenvalue weighted by atomic mass is 16.6. The minimum atomic E-state index is 0.533. The number of para-hydroxylation sites is 1. The zero-order chi connectivity index (χ0) is 9.10. The third-order valence-corrected chi connectivity index (χ3v) is 1.98. The summed E-state index contributed by atoms with van der Waals surface area (Å²) in [5, 5.41) is 3.87. The first-order valence-electron chi connectivity index (χ1n) is 4.20. The second-order valence-corrected chi connectivity index (χ2v) is 2.91. The zero-order valence-corrected chi connectivity index (χ0v) is 7.49. The maximum atomic E-state index is 5.48. The van der Waals surface area contributed by atoms with Crippen molar-refractivity contribution in [3.05, 3.63) is 29.8 Å². The van der Waals surface area contributed by atoms with E-state index in [1.165, 1.54) is 5.56 Å². The van der Waals surface area contributed by atoms with E-state index in [-0.39, 0.29) is 0 Å². The normalized spacial score (nSPS) is 17.8. The molecule has 1 aliphatic rings. The van der Waals surface area contributed by atoms with Crippen molar-refractivity contribution in [2.45, 2.75) is 6.42 Å². The van der Waals surface area contributed by atoms with Crippen molar-refractivity contribution in [3.8, 4) is 5.75 Å². The Balaban J connectivity index is 2.24. The van der Waals surface area contributed by atoms with Crippen LogP contribution < -0.4 is 4.74 Å². The maximum Gasteiger partial charge on any atom is 0.130 e. The van der Waals surface area contributed by atoms with Crippen molar-refractivity contribution < 1.29 is 9.57 Å². The smallest absolute Gasteiger partial charge is 0.130 e. The molecule has 0 N–H and O–H groups in total. The van der Waals surface area contributed by atoms with Crippen LogP contribution in [0.1, 0.15) is 5.56 Å². The average Bonchev–Trinajstić information content (AvgIpc) is 2.18. The summed E-state index contributed by atoms with van der Waals surface area (Å²) in [5.74, 6) is 0.956. The van der Waals surface area contributed by atoms with Crippen molar-refractivity contribution in [1.82, 2.24) is 0 Å². The fourth-order valence-electron chi connectivity index (χ4n) is 1.41. The van der Waals surface area contributed by atoms with Crippen molar-refractivity contribution in [1.29, 1.82) is 0 Å². The molecule has 0 aromatic heterocycles. The number of oxime groups is 1. The molecule has 0 saturated carbocycles. The highest BCUT2D eigenvalue weighted by molar-refractivity contribution is 5.89. The van der Waals surface area contributed by atoms with Gasteiger partial charge in [0.2, 0.25) is 0 Å². The lowest BCUT2D eigenvalue weighted by Crippen LogP contribution is -2.20. The summed E-state index contributed by atoms with van der Waals surface area (Å²) in [6.45, 7) is 0.533. The van der Waals surface area contributed by atoms with Crippen molar-refractivity contribution in [3.63, 3.8) is 0 Å². The van der Waals surface area contributed by atoms with E-state index < -0.39 is 0 Å². The predicted octanol–water partition coefficient (Wildman–Crippen LogP) is 1.62. The molecule has 13 heavy (non-hydrogen) atoms. The second kappa shape index (κ2) is 3.47. The summed E-state index contributed by atoms with van der Waals surface area (Å²) >= 11 is 0. The van der Waals surface area contributed by atoms with Gasteiger partial charge >= 0.3 is 0 Å². The monoisotopic (exact) mass is 177 g/mol. The van der Waals surface area contributed by atoms with Crippen LogP contribution in [0.15, 0.2) is 29.4 Å². The van der Waals surface area contributed by atoms with Gasteiger partial charge < -0.3 is 9.57 Å². The van der Waals surface area contributed by atoms with Crippen LogP contribution in [0.4, 0.5) is 0 Å². The lowest BCUT2D eigenvalue weighted by atomic mass is 10.1. The van der Waals surface area contributed by atoms with Gasteiger partial charge in [-0.1, -0.05) is 23.4 Å². The van der Waals surface area contributed by atoms with Gasteiger partial charge in [-0.15, -0.1) is 0 Å². The molecule has 0 bridgehead atoms. The Hall–Kier alpha value is -1.51. The third kappa shape index (κ3) is 1.64. The summed E-state index contributed by atoms with van der Waals surface area (Å²) < 4.78 is 5.48. The molecular weight excluding hydrogens is 166 g/mol. The molecule has 0 spiro atoms. The molecule has 1 heterocycles. The molecule has 0 atom stereocenters. The lowest BCUT2D eigenvalue weighted by molar-refractivity contribution is 0.208. The molecule has 0 fully saturated rings. The summed E-state index contributed by atoms with van der Waals surface area (Å²) in [7, 11) is 1.55. The third-order valence-electron chi connectivity index (χ3n) is 1.98. The van der Waals surface area contributed by atoms with Gasteiger partial charge in [-0.25, -0.2) is 0 Å². The molecule has 0 saturated heterocycles. The topological polar surface area (TPSA) is 30.8 Å². The Kier molecular flexibility index (Phi) is 2.17. The Morgan fingerprint density at radius 3 is 3.08 bits per heavy atom. The van der Waals surface area contributed by atoms with Crippen molar-refractivity contribution >= 4 is 5.71 Å². The molecule has 68 valence electrons. The Bertz CT molecular complexity index is 333. The standard InChI is InChI=1S/C10H11NO2/c1-12-11-9-6-8-4-2-3-5-10(8)13-7-9/h2-5H,6-7H2,1H3. The van der Waals surface area contributed by atoms with Gasteiger partial charge in [0.15, 0.2) is 0 Å². The predicted molar refractivity (Wildman–Crippen MR) is 50.1 cm³/mol. The molecule has 0 aliphatic carbocycles. The number of fused-ring (bicyclic) bond motifs is 1. The number of ether oxygens (including phenoxy) is 1. The molecule has 2 rings (SSSR count). The van der Waals surface area contributed by atoms with E-state index >= 15 is 0 Å². The van der Waals surface area contributed by atoms with E-state index in [4.69, 9.17) is 9.57 Å². The first kappa shape index (κ1) is 8.10. The largest absolute Gasteiger partial charge is 0.487 e. The van der Waals surface area contributed by atoms with Gasteiger partial charge in [0.25, 0.3) is 0 Å². The molecule has 1 aromatic carbocycles. The fourth-order valence-corrected chi connectivity index (χ4v) is 1.41. The van der Waals surface area contributed by atoms with Gasteiger partial charge in [-0.05, 0) is 6.07 Å². The van der Waals surface area contributed by atoms with Crippen LogP contribution in [0.2, 0.25) is 0 Å². The highest BCUT2D eigenvalue weighted by Gasteiger charge is 2.14. The fraction of sp³-hybridized carbons (Fsp3) is 0.300. The molecule has 1 aliphatic heterocycles. The van der Waals surface area contributed by atoms with Crippen molar-refractivity contribution in [2.24, 2.45) is 5.16 Å². The zero-order valence-electron chi connectivity index (χ0n) is 7.49. The van der Waals surface area contributed by atoms with Crippen LogP contribution in [0.25, 0.3) is 0 Å². The summed E-state index contributed by atoms with van der Waals surface area (Å²) in [5.41, 5.74) is 2.10. The SMILES string of the molecule is CON=C1COc2ccccc2C1. The molecular formula is C10H11NO2. The van der Waals surface area contributed by atoms with Crippen LogP contribution in [-0.2, 0) is 11.3 Å².